The number of carbonyl (C=O) groups excluding carboxylic acids is 2. The predicted octanol–water partition coefficient (Wildman–Crippen LogP) is 3.86. The van der Waals surface area contributed by atoms with E-state index in [1.54, 1.807) is 11.8 Å². The van der Waals surface area contributed by atoms with Crippen LogP contribution in [0.25, 0.3) is 0 Å². The molecule has 2 N–H and O–H groups in total. The van der Waals surface area contributed by atoms with Crippen LogP contribution in [0, 0.1) is 5.92 Å². The van der Waals surface area contributed by atoms with E-state index in [-0.39, 0.29) is 42.5 Å². The number of nitrogens with one attached hydrogen (secondary N) is 2. The van der Waals surface area contributed by atoms with Crippen molar-refractivity contribution >= 4 is 29.7 Å². The van der Waals surface area contributed by atoms with Gasteiger partial charge in [-0.25, -0.2) is 33.3 Å². The molecule has 0 spiro atoms. The third kappa shape index (κ3) is 7.03. The van der Waals surface area contributed by atoms with Gasteiger partial charge in [-0.15, -0.1) is 0 Å². The number of nitrogens with zero attached hydrogens (tertiary/aromatic N) is 7. The molecule has 234 valence electrons. The van der Waals surface area contributed by atoms with E-state index in [2.05, 4.69) is 42.5 Å². The molecule has 3 aliphatic rings. The lowest BCUT2D eigenvalue weighted by Gasteiger charge is -2.48. The van der Waals surface area contributed by atoms with Crippen molar-refractivity contribution in [2.24, 2.45) is 5.92 Å². The van der Waals surface area contributed by atoms with Gasteiger partial charge >= 0.3 is 12.1 Å². The molecule has 43 heavy (non-hydrogen) atoms. The zero-order valence-corrected chi connectivity index (χ0v) is 24.8. The van der Waals surface area contributed by atoms with Gasteiger partial charge in [0.05, 0.1) is 19.0 Å². The van der Waals surface area contributed by atoms with Crippen LogP contribution in [-0.4, -0.2) is 106 Å². The van der Waals surface area contributed by atoms with Crippen molar-refractivity contribution in [1.82, 2.24) is 29.7 Å². The van der Waals surface area contributed by atoms with E-state index in [9.17, 15) is 9.59 Å². The minimum atomic E-state index is -3.16. The predicted molar refractivity (Wildman–Crippen MR) is 154 cm³/mol. The number of ether oxygens (including phenoxy) is 2. The van der Waals surface area contributed by atoms with Gasteiger partial charge in [0.1, 0.15) is 17.5 Å². The lowest BCUT2D eigenvalue weighted by atomic mass is 9.71. The number of amides is 3. The number of likely N-dealkylation sites (tertiary alicyclic amines) is 1. The fourth-order valence-electron chi connectivity index (χ4n) is 6.20. The van der Waals surface area contributed by atoms with Crippen molar-refractivity contribution in [1.29, 1.82) is 0 Å². The van der Waals surface area contributed by atoms with Crippen molar-refractivity contribution in [2.75, 3.05) is 62.4 Å². The molecule has 15 heteroatoms. The van der Waals surface area contributed by atoms with E-state index in [4.69, 9.17) is 9.47 Å². The molecule has 13 nitrogen and oxygen atoms in total. The van der Waals surface area contributed by atoms with Crippen LogP contribution < -0.4 is 20.3 Å². The highest BCUT2D eigenvalue weighted by atomic mass is 19.3. The Kier molecular flexibility index (Phi) is 9.08. The molecular formula is C28H39F2N9O4. The second-order valence-electron chi connectivity index (χ2n) is 11.5. The lowest BCUT2D eigenvalue weighted by molar-refractivity contribution is -0.0931. The summed E-state index contributed by atoms with van der Waals surface area (Å²) in [6.07, 6.45) is 7.78. The number of aromatic nitrogens is 4. The maximum absolute atomic E-state index is 15.1. The summed E-state index contributed by atoms with van der Waals surface area (Å²) in [5.41, 5.74) is -0.488. The maximum atomic E-state index is 15.1. The molecule has 1 saturated carbocycles. The fourth-order valence-corrected chi connectivity index (χ4v) is 6.20. The monoisotopic (exact) mass is 603 g/mol. The number of piperidine rings is 2. The summed E-state index contributed by atoms with van der Waals surface area (Å²) in [6.45, 7) is 3.71. The van der Waals surface area contributed by atoms with Gasteiger partial charge in [-0.3, -0.25) is 10.6 Å². The van der Waals surface area contributed by atoms with Gasteiger partial charge in [0.15, 0.2) is 5.82 Å². The summed E-state index contributed by atoms with van der Waals surface area (Å²) in [6, 6.07) is -0.713. The molecule has 2 aromatic rings. The Balaban J connectivity index is 1.22. The summed E-state index contributed by atoms with van der Waals surface area (Å²) >= 11 is 0. The van der Waals surface area contributed by atoms with Gasteiger partial charge in [-0.1, -0.05) is 6.42 Å². The number of likely N-dealkylation sites (N-methyl/N-ethyl adjacent to an activating group) is 1. The minimum absolute atomic E-state index is 0.0322. The van der Waals surface area contributed by atoms with Crippen molar-refractivity contribution in [3.05, 3.63) is 24.7 Å². The molecule has 3 amide bonds. The Hall–Kier alpha value is -3.88. The SMILES string of the molecule is CCOc1cnc(NC(=O)N(C)C2CN(c3nccc(NC(=O)OC45CCCCC4CN(C)CC5)n3)CCC2(F)F)cn1. The summed E-state index contributed by atoms with van der Waals surface area (Å²) in [5, 5.41) is 5.22. The first-order valence-electron chi connectivity index (χ1n) is 14.7. The zero-order chi connectivity index (χ0) is 30.6. The summed E-state index contributed by atoms with van der Waals surface area (Å²) in [5.74, 6) is -2.11. The number of alkyl halides is 2. The molecule has 2 saturated heterocycles. The van der Waals surface area contributed by atoms with Crippen LogP contribution in [0.3, 0.4) is 0 Å². The number of anilines is 3. The Morgan fingerprint density at radius 3 is 2.67 bits per heavy atom. The van der Waals surface area contributed by atoms with E-state index in [1.807, 2.05) is 0 Å². The van der Waals surface area contributed by atoms with Gasteiger partial charge in [-0.05, 0) is 39.3 Å². The van der Waals surface area contributed by atoms with E-state index < -0.39 is 36.1 Å². The van der Waals surface area contributed by atoms with Gasteiger partial charge in [-0.2, -0.15) is 4.98 Å². The first-order valence-corrected chi connectivity index (χ1v) is 14.7. The molecule has 0 radical (unpaired) electrons. The average Bonchev–Trinajstić information content (AvgIpc) is 2.98. The van der Waals surface area contributed by atoms with E-state index in [0.717, 1.165) is 50.1 Å². The summed E-state index contributed by atoms with van der Waals surface area (Å²) < 4.78 is 41.4. The molecule has 3 unspecified atom stereocenters. The van der Waals surface area contributed by atoms with Gasteiger partial charge in [0.2, 0.25) is 11.8 Å². The first-order chi connectivity index (χ1) is 20.6. The van der Waals surface area contributed by atoms with Crippen molar-refractivity contribution in [3.63, 3.8) is 0 Å². The highest BCUT2D eigenvalue weighted by Crippen LogP contribution is 2.42. The van der Waals surface area contributed by atoms with Crippen molar-refractivity contribution in [2.45, 2.75) is 63.0 Å². The topological polar surface area (TPSA) is 138 Å². The summed E-state index contributed by atoms with van der Waals surface area (Å²) in [4.78, 5) is 47.4. The van der Waals surface area contributed by atoms with Crippen LogP contribution in [0.4, 0.5) is 36.0 Å². The highest BCUT2D eigenvalue weighted by molar-refractivity contribution is 5.88. The van der Waals surface area contributed by atoms with E-state index in [0.29, 0.717) is 6.61 Å². The molecule has 3 atom stereocenters. The number of urea groups is 1. The summed E-state index contributed by atoms with van der Waals surface area (Å²) in [7, 11) is 3.39. The molecular weight excluding hydrogens is 564 g/mol. The highest BCUT2D eigenvalue weighted by Gasteiger charge is 2.49. The van der Waals surface area contributed by atoms with Gasteiger partial charge < -0.3 is 24.2 Å². The third-order valence-corrected chi connectivity index (χ3v) is 8.59. The number of carbonyl (C=O) groups is 2. The van der Waals surface area contributed by atoms with E-state index >= 15 is 8.78 Å². The van der Waals surface area contributed by atoms with Crippen LogP contribution in [0.5, 0.6) is 5.88 Å². The molecule has 0 aromatic carbocycles. The van der Waals surface area contributed by atoms with Crippen LogP contribution >= 0.6 is 0 Å². The van der Waals surface area contributed by atoms with E-state index in [1.165, 1.54) is 31.7 Å². The van der Waals surface area contributed by atoms with Gasteiger partial charge in [0.25, 0.3) is 5.92 Å². The quantitative estimate of drug-likeness (QED) is 0.480. The molecule has 3 fully saturated rings. The van der Waals surface area contributed by atoms with Crippen molar-refractivity contribution in [3.8, 4) is 5.88 Å². The largest absolute Gasteiger partial charge is 0.477 e. The Labute approximate surface area is 249 Å². The lowest BCUT2D eigenvalue weighted by Crippen LogP contribution is -2.60. The average molecular weight is 604 g/mol. The number of halogens is 2. The molecule has 1 aliphatic carbocycles. The standard InChI is InChI=1S/C28H39F2N9O4/c1-4-42-23-16-32-22(15-33-23)35-25(40)38(3)20-18-39(14-11-28(20,29)30)24-31-12-8-21(34-24)36-26(41)43-27-9-6-5-7-19(27)17-37(2)13-10-27/h8,12,15-16,19-20H,4-7,9-11,13-14,17-18H2,1-3H3,(H,32,35,40)(H,31,34,36,41). The smallest absolute Gasteiger partial charge is 0.413 e. The number of hydrogen-bond donors (Lipinski definition) is 2. The Bertz CT molecular complexity index is 1290. The molecule has 2 aromatic heterocycles. The first kappa shape index (κ1) is 30.6. The van der Waals surface area contributed by atoms with Crippen LogP contribution in [0.2, 0.25) is 0 Å². The fraction of sp³-hybridized carbons (Fsp3) is 0.643. The maximum Gasteiger partial charge on any atom is 0.413 e. The van der Waals surface area contributed by atoms with Gasteiger partial charge in [0, 0.05) is 58.2 Å². The second kappa shape index (κ2) is 12.8. The second-order valence-corrected chi connectivity index (χ2v) is 11.5. The minimum Gasteiger partial charge on any atom is -0.477 e. The third-order valence-electron chi connectivity index (χ3n) is 8.59. The van der Waals surface area contributed by atoms with Crippen molar-refractivity contribution < 1.29 is 27.8 Å². The molecule has 0 bridgehead atoms. The van der Waals surface area contributed by atoms with Crippen LogP contribution in [0.1, 0.15) is 45.4 Å². The van der Waals surface area contributed by atoms with Crippen LogP contribution in [-0.2, 0) is 4.74 Å². The Morgan fingerprint density at radius 2 is 1.91 bits per heavy atom. The number of hydrogen-bond acceptors (Lipinski definition) is 10. The molecule has 5 rings (SSSR count). The van der Waals surface area contributed by atoms with Crippen LogP contribution in [0.15, 0.2) is 24.7 Å². The molecule has 4 heterocycles. The normalized spacial score (nSPS) is 25.3. The number of rotatable bonds is 7. The number of fused-ring (bicyclic) bond motifs is 1. The molecule has 2 aliphatic heterocycles. The Morgan fingerprint density at radius 1 is 1.07 bits per heavy atom. The zero-order valence-electron chi connectivity index (χ0n) is 24.8.